The molecule has 18 heavy (non-hydrogen) atoms. The van der Waals surface area contributed by atoms with Crippen molar-refractivity contribution in [2.24, 2.45) is 5.92 Å². The predicted molar refractivity (Wildman–Crippen MR) is 71.9 cm³/mol. The van der Waals surface area contributed by atoms with Gasteiger partial charge in [0.1, 0.15) is 0 Å². The van der Waals surface area contributed by atoms with Crippen LogP contribution in [0.1, 0.15) is 32.4 Å². The molecule has 1 saturated heterocycles. The summed E-state index contributed by atoms with van der Waals surface area (Å²) in [5.41, 5.74) is 7.00. The molecule has 2 rings (SSSR count). The number of aromatic nitrogens is 1. The average molecular weight is 247 g/mol. The van der Waals surface area contributed by atoms with Crippen LogP contribution in [0.15, 0.2) is 18.3 Å². The van der Waals surface area contributed by atoms with E-state index in [0.717, 1.165) is 18.7 Å². The van der Waals surface area contributed by atoms with Crippen LogP contribution in [-0.2, 0) is 11.2 Å². The van der Waals surface area contributed by atoms with Gasteiger partial charge in [-0.25, -0.2) is 0 Å². The Morgan fingerprint density at radius 1 is 1.50 bits per heavy atom. The lowest BCUT2D eigenvalue weighted by atomic mass is 9.92. The number of hydrogen-bond donors (Lipinski definition) is 1. The topological polar surface area (TPSA) is 59.2 Å². The lowest BCUT2D eigenvalue weighted by Gasteiger charge is -2.38. The summed E-state index contributed by atoms with van der Waals surface area (Å²) in [5, 5.41) is 0. The van der Waals surface area contributed by atoms with Crippen LogP contribution >= 0.6 is 0 Å². The molecule has 1 aliphatic heterocycles. The molecule has 0 aromatic carbocycles. The molecule has 1 aliphatic rings. The second kappa shape index (κ2) is 5.38. The zero-order chi connectivity index (χ0) is 13.1. The lowest BCUT2D eigenvalue weighted by molar-refractivity contribution is -0.135. The lowest BCUT2D eigenvalue weighted by Crippen LogP contribution is -2.46. The molecular formula is C14H21N3O. The minimum Gasteiger partial charge on any atom is -0.397 e. The number of amides is 1. The quantitative estimate of drug-likeness (QED) is 0.867. The molecule has 0 radical (unpaired) electrons. The number of carbonyl (C=O) groups is 1. The van der Waals surface area contributed by atoms with E-state index in [0.29, 0.717) is 24.1 Å². The summed E-state index contributed by atoms with van der Waals surface area (Å²) in [4.78, 5) is 18.4. The first-order valence-electron chi connectivity index (χ1n) is 6.58. The highest BCUT2D eigenvalue weighted by atomic mass is 16.2. The third kappa shape index (κ3) is 2.81. The smallest absolute Gasteiger partial charge is 0.228 e. The molecule has 0 bridgehead atoms. The fourth-order valence-corrected chi connectivity index (χ4v) is 2.48. The van der Waals surface area contributed by atoms with Gasteiger partial charge in [0.25, 0.3) is 0 Å². The number of nitrogens with zero attached hydrogens (tertiary/aromatic N) is 2. The Kier molecular flexibility index (Phi) is 3.84. The first-order valence-corrected chi connectivity index (χ1v) is 6.58. The summed E-state index contributed by atoms with van der Waals surface area (Å²) in [7, 11) is 0. The fraction of sp³-hybridized carbons (Fsp3) is 0.571. The van der Waals surface area contributed by atoms with Gasteiger partial charge in [-0.15, -0.1) is 0 Å². The van der Waals surface area contributed by atoms with Crippen LogP contribution in [0.2, 0.25) is 0 Å². The van der Waals surface area contributed by atoms with Crippen molar-refractivity contribution in [1.82, 2.24) is 9.88 Å². The summed E-state index contributed by atoms with van der Waals surface area (Å²) in [5.74, 6) is 0.758. The van der Waals surface area contributed by atoms with Crippen LogP contribution < -0.4 is 5.73 Å². The van der Waals surface area contributed by atoms with Crippen LogP contribution in [-0.4, -0.2) is 28.4 Å². The Morgan fingerprint density at radius 3 is 2.94 bits per heavy atom. The zero-order valence-corrected chi connectivity index (χ0v) is 11.1. The number of likely N-dealkylation sites (tertiary alicyclic amines) is 1. The number of pyridine rings is 1. The molecule has 2 atom stereocenters. The second-order valence-electron chi connectivity index (χ2n) is 5.21. The monoisotopic (exact) mass is 247 g/mol. The summed E-state index contributed by atoms with van der Waals surface area (Å²) in [6.07, 6.45) is 4.29. The standard InChI is InChI=1S/C14H21N3O/c1-10-4-3-7-17(11(10)2)14(18)8-13-6-5-12(15)9-16-13/h5-6,9-11H,3-4,7-8,15H2,1-2H3. The van der Waals surface area contributed by atoms with Gasteiger partial charge < -0.3 is 10.6 Å². The highest BCUT2D eigenvalue weighted by molar-refractivity contribution is 5.78. The molecule has 0 spiro atoms. The fourth-order valence-electron chi connectivity index (χ4n) is 2.48. The molecule has 4 nitrogen and oxygen atoms in total. The first-order chi connectivity index (χ1) is 8.58. The number of nitrogen functional groups attached to an aromatic ring is 1. The van der Waals surface area contributed by atoms with Crippen molar-refractivity contribution in [2.75, 3.05) is 12.3 Å². The van der Waals surface area contributed by atoms with E-state index in [1.54, 1.807) is 12.3 Å². The van der Waals surface area contributed by atoms with E-state index in [1.165, 1.54) is 6.42 Å². The number of piperidine rings is 1. The molecule has 1 aromatic rings. The van der Waals surface area contributed by atoms with Gasteiger partial charge in [0.2, 0.25) is 5.91 Å². The van der Waals surface area contributed by atoms with Gasteiger partial charge in [0, 0.05) is 18.3 Å². The highest BCUT2D eigenvalue weighted by Gasteiger charge is 2.28. The minimum absolute atomic E-state index is 0.173. The molecule has 0 aliphatic carbocycles. The van der Waals surface area contributed by atoms with Crippen LogP contribution in [0.25, 0.3) is 0 Å². The molecule has 2 N–H and O–H groups in total. The van der Waals surface area contributed by atoms with Crippen LogP contribution in [0.3, 0.4) is 0 Å². The molecule has 2 heterocycles. The molecular weight excluding hydrogens is 226 g/mol. The Hall–Kier alpha value is -1.58. The summed E-state index contributed by atoms with van der Waals surface area (Å²) < 4.78 is 0. The van der Waals surface area contributed by atoms with Crippen molar-refractivity contribution in [3.63, 3.8) is 0 Å². The molecule has 1 amide bonds. The van der Waals surface area contributed by atoms with E-state index >= 15 is 0 Å². The summed E-state index contributed by atoms with van der Waals surface area (Å²) in [6, 6.07) is 3.95. The summed E-state index contributed by atoms with van der Waals surface area (Å²) >= 11 is 0. The molecule has 98 valence electrons. The number of carbonyl (C=O) groups excluding carboxylic acids is 1. The van der Waals surface area contributed by atoms with Gasteiger partial charge in [-0.2, -0.15) is 0 Å². The number of rotatable bonds is 2. The van der Waals surface area contributed by atoms with Crippen molar-refractivity contribution in [2.45, 2.75) is 39.2 Å². The first kappa shape index (κ1) is 12.9. The van der Waals surface area contributed by atoms with Crippen molar-refractivity contribution in [1.29, 1.82) is 0 Å². The summed E-state index contributed by atoms with van der Waals surface area (Å²) in [6.45, 7) is 5.23. The maximum Gasteiger partial charge on any atom is 0.228 e. The van der Waals surface area contributed by atoms with Gasteiger partial charge in [-0.05, 0) is 37.8 Å². The van der Waals surface area contributed by atoms with Crippen LogP contribution in [0.4, 0.5) is 5.69 Å². The molecule has 2 unspecified atom stereocenters. The van der Waals surface area contributed by atoms with Crippen molar-refractivity contribution in [3.05, 3.63) is 24.0 Å². The minimum atomic E-state index is 0.173. The van der Waals surface area contributed by atoms with E-state index in [9.17, 15) is 4.79 Å². The normalized spacial score (nSPS) is 24.0. The maximum atomic E-state index is 12.3. The largest absolute Gasteiger partial charge is 0.397 e. The van der Waals surface area contributed by atoms with Gasteiger partial charge in [-0.3, -0.25) is 9.78 Å². The van der Waals surface area contributed by atoms with Crippen LogP contribution in [0.5, 0.6) is 0 Å². The Balaban J connectivity index is 2.01. The highest BCUT2D eigenvalue weighted by Crippen LogP contribution is 2.23. The van der Waals surface area contributed by atoms with Crippen LogP contribution in [0, 0.1) is 5.92 Å². The van der Waals surface area contributed by atoms with Gasteiger partial charge >= 0.3 is 0 Å². The maximum absolute atomic E-state index is 12.3. The molecule has 4 heteroatoms. The zero-order valence-electron chi connectivity index (χ0n) is 11.1. The van der Waals surface area contributed by atoms with E-state index in [2.05, 4.69) is 18.8 Å². The van der Waals surface area contributed by atoms with E-state index in [4.69, 9.17) is 5.73 Å². The van der Waals surface area contributed by atoms with Gasteiger partial charge in [0.15, 0.2) is 0 Å². The van der Waals surface area contributed by atoms with E-state index in [-0.39, 0.29) is 5.91 Å². The SMILES string of the molecule is CC1CCCN(C(=O)Cc2ccc(N)cn2)C1C. The van der Waals surface area contributed by atoms with Crippen molar-refractivity contribution in [3.8, 4) is 0 Å². The van der Waals surface area contributed by atoms with Gasteiger partial charge in [0.05, 0.1) is 18.3 Å². The number of anilines is 1. The van der Waals surface area contributed by atoms with Gasteiger partial charge in [-0.1, -0.05) is 6.92 Å². The molecule has 1 aromatic heterocycles. The Labute approximate surface area is 108 Å². The third-order valence-corrected chi connectivity index (χ3v) is 3.87. The Bertz CT molecular complexity index is 416. The number of hydrogen-bond acceptors (Lipinski definition) is 3. The van der Waals surface area contributed by atoms with E-state index < -0.39 is 0 Å². The van der Waals surface area contributed by atoms with Crippen molar-refractivity contribution >= 4 is 11.6 Å². The van der Waals surface area contributed by atoms with E-state index in [1.807, 2.05) is 11.0 Å². The molecule has 0 saturated carbocycles. The molecule has 1 fully saturated rings. The Morgan fingerprint density at radius 2 is 2.28 bits per heavy atom. The third-order valence-electron chi connectivity index (χ3n) is 3.87. The van der Waals surface area contributed by atoms with Crippen molar-refractivity contribution < 1.29 is 4.79 Å². The second-order valence-corrected chi connectivity index (χ2v) is 5.21. The average Bonchev–Trinajstić information content (AvgIpc) is 2.35. The predicted octanol–water partition coefficient (Wildman–Crippen LogP) is 1.85. The number of nitrogens with two attached hydrogens (primary N) is 1.